The number of hydrogen-bond acceptors (Lipinski definition) is 5. The first kappa shape index (κ1) is 24.1. The summed E-state index contributed by atoms with van der Waals surface area (Å²) in [6.07, 6.45) is 7.94. The van der Waals surface area contributed by atoms with E-state index in [2.05, 4.69) is 24.1 Å². The molecule has 2 aliphatic heterocycles. The van der Waals surface area contributed by atoms with Gasteiger partial charge in [-0.1, -0.05) is 26.0 Å². The van der Waals surface area contributed by atoms with Crippen molar-refractivity contribution in [2.45, 2.75) is 51.6 Å². The molecule has 0 saturated carbocycles. The minimum Gasteiger partial charge on any atom is -0.339 e. The molecular formula is C26H32N4O3S. The van der Waals surface area contributed by atoms with Crippen LogP contribution in [0.25, 0.3) is 6.08 Å². The van der Waals surface area contributed by atoms with Gasteiger partial charge in [-0.05, 0) is 67.2 Å². The van der Waals surface area contributed by atoms with Gasteiger partial charge in [0.05, 0.1) is 12.2 Å². The lowest BCUT2D eigenvalue weighted by Crippen LogP contribution is -2.56. The Labute approximate surface area is 204 Å². The van der Waals surface area contributed by atoms with Gasteiger partial charge in [-0.25, -0.2) is 4.79 Å². The molecular weight excluding hydrogens is 448 g/mol. The molecule has 4 rings (SSSR count). The summed E-state index contributed by atoms with van der Waals surface area (Å²) in [6, 6.07) is 9.07. The van der Waals surface area contributed by atoms with Gasteiger partial charge in [-0.2, -0.15) is 0 Å². The summed E-state index contributed by atoms with van der Waals surface area (Å²) in [7, 11) is 0. The number of carbonyl (C=O) groups excluding carboxylic acids is 3. The maximum atomic E-state index is 13.7. The van der Waals surface area contributed by atoms with Crippen molar-refractivity contribution in [1.82, 2.24) is 20.1 Å². The van der Waals surface area contributed by atoms with Crippen LogP contribution < -0.4 is 5.32 Å². The fourth-order valence-electron chi connectivity index (χ4n) is 4.85. The smallest absolute Gasteiger partial charge is 0.325 e. The van der Waals surface area contributed by atoms with Crippen LogP contribution in [0, 0.1) is 11.8 Å². The van der Waals surface area contributed by atoms with Crippen LogP contribution in [0.2, 0.25) is 0 Å². The largest absolute Gasteiger partial charge is 0.339 e. The second kappa shape index (κ2) is 10.5. The summed E-state index contributed by atoms with van der Waals surface area (Å²) in [5, 5.41) is 5.08. The number of rotatable bonds is 8. The summed E-state index contributed by atoms with van der Waals surface area (Å²) in [4.78, 5) is 47.8. The van der Waals surface area contributed by atoms with Crippen molar-refractivity contribution in [2.75, 3.05) is 13.1 Å². The number of aromatic nitrogens is 1. The summed E-state index contributed by atoms with van der Waals surface area (Å²) < 4.78 is 0. The van der Waals surface area contributed by atoms with E-state index in [0.717, 1.165) is 11.3 Å². The molecule has 0 spiro atoms. The molecule has 2 aromatic rings. The SMILES string of the molecule is CC(C)CC[C@]1(C2CCN(C(=O)/C=C/c3cccs3)CC2)NC(=O)N(Cc2ccccn2)C1=O. The highest BCUT2D eigenvalue weighted by molar-refractivity contribution is 7.10. The van der Waals surface area contributed by atoms with Crippen LogP contribution in [0.3, 0.4) is 0 Å². The number of carbonyl (C=O) groups is 3. The number of nitrogens with zero attached hydrogens (tertiary/aromatic N) is 3. The molecule has 1 N–H and O–H groups in total. The van der Waals surface area contributed by atoms with E-state index in [4.69, 9.17) is 0 Å². The number of hydrogen-bond donors (Lipinski definition) is 1. The van der Waals surface area contributed by atoms with E-state index in [9.17, 15) is 14.4 Å². The van der Waals surface area contributed by atoms with Gasteiger partial charge >= 0.3 is 6.03 Å². The van der Waals surface area contributed by atoms with Crippen molar-refractivity contribution in [3.63, 3.8) is 0 Å². The first-order chi connectivity index (χ1) is 16.4. The van der Waals surface area contributed by atoms with Crippen molar-refractivity contribution in [2.24, 2.45) is 11.8 Å². The van der Waals surface area contributed by atoms with Crippen LogP contribution in [-0.4, -0.2) is 51.3 Å². The molecule has 2 aromatic heterocycles. The van der Waals surface area contributed by atoms with Crippen molar-refractivity contribution in [1.29, 1.82) is 0 Å². The third-order valence-electron chi connectivity index (χ3n) is 6.80. The van der Waals surface area contributed by atoms with Crippen LogP contribution >= 0.6 is 11.3 Å². The Morgan fingerprint density at radius 1 is 1.24 bits per heavy atom. The van der Waals surface area contributed by atoms with E-state index in [0.29, 0.717) is 44.0 Å². The molecule has 2 saturated heterocycles. The number of imide groups is 1. The first-order valence-electron chi connectivity index (χ1n) is 11.9. The van der Waals surface area contributed by atoms with E-state index in [-0.39, 0.29) is 30.3 Å². The normalized spacial score (nSPS) is 21.6. The van der Waals surface area contributed by atoms with Crippen LogP contribution in [0.1, 0.15) is 50.1 Å². The fourth-order valence-corrected chi connectivity index (χ4v) is 5.46. The van der Waals surface area contributed by atoms with E-state index in [1.165, 1.54) is 4.90 Å². The second-order valence-corrected chi connectivity index (χ2v) is 10.5. The van der Waals surface area contributed by atoms with E-state index in [1.54, 1.807) is 23.6 Å². The highest BCUT2D eigenvalue weighted by atomic mass is 32.1. The third kappa shape index (κ3) is 5.22. The molecule has 2 aliphatic rings. The Morgan fingerprint density at radius 2 is 2.03 bits per heavy atom. The molecule has 4 heterocycles. The number of likely N-dealkylation sites (tertiary alicyclic amines) is 1. The number of urea groups is 1. The standard InChI is InChI=1S/C26H32N4O3S/c1-19(2)10-13-26(24(32)30(25(33)28-26)18-21-6-3-4-14-27-21)20-11-15-29(16-12-20)23(31)9-8-22-7-5-17-34-22/h3-9,14,17,19-20H,10-13,15-16,18H2,1-2H3,(H,28,33)/b9-8+/t26-/m1/s1. The number of amides is 4. The van der Waals surface area contributed by atoms with E-state index in [1.807, 2.05) is 46.7 Å². The Kier molecular flexibility index (Phi) is 7.46. The number of nitrogens with one attached hydrogen (secondary N) is 1. The van der Waals surface area contributed by atoms with Crippen LogP contribution in [0.15, 0.2) is 48.0 Å². The molecule has 34 heavy (non-hydrogen) atoms. The summed E-state index contributed by atoms with van der Waals surface area (Å²) in [5.41, 5.74) is -0.235. The molecule has 7 nitrogen and oxygen atoms in total. The van der Waals surface area contributed by atoms with Crippen LogP contribution in [-0.2, 0) is 16.1 Å². The zero-order chi connectivity index (χ0) is 24.1. The van der Waals surface area contributed by atoms with Crippen molar-refractivity contribution < 1.29 is 14.4 Å². The lowest BCUT2D eigenvalue weighted by Gasteiger charge is -2.41. The molecule has 0 aromatic carbocycles. The maximum absolute atomic E-state index is 13.7. The predicted octanol–water partition coefficient (Wildman–Crippen LogP) is 4.32. The fraction of sp³-hybridized carbons (Fsp3) is 0.462. The molecule has 0 aliphatic carbocycles. The monoisotopic (exact) mass is 480 g/mol. The van der Waals surface area contributed by atoms with Crippen molar-refractivity contribution in [3.8, 4) is 0 Å². The molecule has 1 atom stereocenters. The molecule has 180 valence electrons. The van der Waals surface area contributed by atoms with Gasteiger partial charge in [0.2, 0.25) is 5.91 Å². The minimum absolute atomic E-state index is 0.0123. The number of pyridine rings is 1. The summed E-state index contributed by atoms with van der Waals surface area (Å²) >= 11 is 1.59. The zero-order valence-electron chi connectivity index (χ0n) is 19.8. The topological polar surface area (TPSA) is 82.6 Å². The van der Waals surface area contributed by atoms with Gasteiger partial charge in [-0.15, -0.1) is 11.3 Å². The number of thiophene rings is 1. The van der Waals surface area contributed by atoms with Gasteiger partial charge in [0, 0.05) is 30.2 Å². The lowest BCUT2D eigenvalue weighted by molar-refractivity contribution is -0.135. The van der Waals surface area contributed by atoms with Crippen molar-refractivity contribution >= 4 is 35.3 Å². The Hall–Kier alpha value is -3.00. The summed E-state index contributed by atoms with van der Waals surface area (Å²) in [6.45, 7) is 5.57. The predicted molar refractivity (Wildman–Crippen MR) is 133 cm³/mol. The highest BCUT2D eigenvalue weighted by Gasteiger charge is 2.55. The first-order valence-corrected chi connectivity index (χ1v) is 12.8. The molecule has 4 amide bonds. The third-order valence-corrected chi connectivity index (χ3v) is 7.64. The van der Waals surface area contributed by atoms with Gasteiger partial charge < -0.3 is 10.2 Å². The van der Waals surface area contributed by atoms with E-state index < -0.39 is 5.54 Å². The quantitative estimate of drug-likeness (QED) is 0.451. The average molecular weight is 481 g/mol. The van der Waals surface area contributed by atoms with Crippen LogP contribution in [0.5, 0.6) is 0 Å². The maximum Gasteiger partial charge on any atom is 0.325 e. The zero-order valence-corrected chi connectivity index (χ0v) is 20.6. The lowest BCUT2D eigenvalue weighted by atomic mass is 9.74. The Morgan fingerprint density at radius 3 is 2.68 bits per heavy atom. The Bertz CT molecular complexity index is 1030. The minimum atomic E-state index is -0.919. The van der Waals surface area contributed by atoms with Gasteiger partial charge in [0.25, 0.3) is 5.91 Å². The number of piperidine rings is 1. The van der Waals surface area contributed by atoms with Crippen LogP contribution in [0.4, 0.5) is 4.79 Å². The van der Waals surface area contributed by atoms with Gasteiger partial charge in [0.15, 0.2) is 0 Å². The molecule has 8 heteroatoms. The van der Waals surface area contributed by atoms with Gasteiger partial charge in [-0.3, -0.25) is 19.5 Å². The summed E-state index contributed by atoms with van der Waals surface area (Å²) in [5.74, 6) is 0.227. The van der Waals surface area contributed by atoms with Crippen molar-refractivity contribution in [3.05, 3.63) is 58.6 Å². The average Bonchev–Trinajstić information content (AvgIpc) is 3.45. The molecule has 0 radical (unpaired) electrons. The second-order valence-electron chi connectivity index (χ2n) is 9.49. The molecule has 2 fully saturated rings. The van der Waals surface area contributed by atoms with E-state index >= 15 is 0 Å². The molecule has 0 unspecified atom stereocenters. The Balaban J connectivity index is 1.46. The highest BCUT2D eigenvalue weighted by Crippen LogP contribution is 2.38. The molecule has 0 bridgehead atoms. The van der Waals surface area contributed by atoms with Gasteiger partial charge in [0.1, 0.15) is 5.54 Å².